The van der Waals surface area contributed by atoms with Crippen LogP contribution in [-0.4, -0.2) is 89.0 Å². The zero-order chi connectivity index (χ0) is 36.7. The molecule has 0 aromatic rings. The summed E-state index contributed by atoms with van der Waals surface area (Å²) in [7, 11) is 0. The van der Waals surface area contributed by atoms with Crippen molar-refractivity contribution in [3.8, 4) is 0 Å². The van der Waals surface area contributed by atoms with Gasteiger partial charge in [0, 0.05) is 12.8 Å². The molecule has 50 heavy (non-hydrogen) atoms. The van der Waals surface area contributed by atoms with Crippen molar-refractivity contribution in [3.63, 3.8) is 0 Å². The van der Waals surface area contributed by atoms with E-state index in [-0.39, 0.29) is 32.0 Å². The van der Waals surface area contributed by atoms with Gasteiger partial charge in [-0.25, -0.2) is 0 Å². The summed E-state index contributed by atoms with van der Waals surface area (Å²) in [5, 5.41) is 39.9. The summed E-state index contributed by atoms with van der Waals surface area (Å²) in [4.78, 5) is 25.2. The highest BCUT2D eigenvalue weighted by Crippen LogP contribution is 2.23. The Morgan fingerprint density at radius 3 is 1.36 bits per heavy atom. The molecule has 1 saturated heterocycles. The lowest BCUT2D eigenvalue weighted by Crippen LogP contribution is -2.59. The summed E-state index contributed by atoms with van der Waals surface area (Å²) in [6, 6.07) is 0. The Morgan fingerprint density at radius 2 is 0.940 bits per heavy atom. The molecule has 0 aromatic carbocycles. The number of aliphatic hydroxyl groups excluding tert-OH is 4. The lowest BCUT2D eigenvalue weighted by Gasteiger charge is -2.39. The quantitative estimate of drug-likeness (QED) is 0.0383. The Labute approximate surface area is 304 Å². The van der Waals surface area contributed by atoms with E-state index < -0.39 is 49.4 Å². The number of ether oxygens (including phenoxy) is 4. The number of carbonyl (C=O) groups is 2. The highest BCUT2D eigenvalue weighted by Gasteiger charge is 2.44. The van der Waals surface area contributed by atoms with Crippen molar-refractivity contribution in [3.05, 3.63) is 0 Å². The van der Waals surface area contributed by atoms with E-state index >= 15 is 0 Å². The molecular weight excluding hydrogens is 640 g/mol. The molecule has 1 heterocycles. The van der Waals surface area contributed by atoms with Crippen LogP contribution in [0.1, 0.15) is 187 Å². The SMILES string of the molecule is CCCCCCCCCCCCCCCC(=O)O[C@H](COC(=O)CCCCCCCCCCCCCC)CO[C@@H]1O[C@H](CO)[C@H](O)C(O)C1O. The maximum absolute atomic E-state index is 12.7. The molecule has 0 radical (unpaired) electrons. The molecule has 10 nitrogen and oxygen atoms in total. The van der Waals surface area contributed by atoms with Crippen LogP contribution in [0.25, 0.3) is 0 Å². The molecule has 6 atom stereocenters. The van der Waals surface area contributed by atoms with Gasteiger partial charge in [0.2, 0.25) is 0 Å². The molecule has 0 saturated carbocycles. The van der Waals surface area contributed by atoms with Gasteiger partial charge in [-0.3, -0.25) is 9.59 Å². The summed E-state index contributed by atoms with van der Waals surface area (Å²) >= 11 is 0. The molecule has 1 aliphatic rings. The minimum atomic E-state index is -1.59. The second-order valence-electron chi connectivity index (χ2n) is 14.5. The Balaban J connectivity index is 2.36. The van der Waals surface area contributed by atoms with Crippen LogP contribution in [0, 0.1) is 0 Å². The van der Waals surface area contributed by atoms with E-state index in [0.29, 0.717) is 6.42 Å². The zero-order valence-electron chi connectivity index (χ0n) is 31.9. The molecule has 0 spiro atoms. The van der Waals surface area contributed by atoms with Crippen LogP contribution >= 0.6 is 0 Å². The smallest absolute Gasteiger partial charge is 0.306 e. The van der Waals surface area contributed by atoms with Gasteiger partial charge < -0.3 is 39.4 Å². The van der Waals surface area contributed by atoms with Crippen LogP contribution in [0.5, 0.6) is 0 Å². The molecule has 1 fully saturated rings. The Bertz CT molecular complexity index is 794. The molecule has 0 amide bonds. The second kappa shape index (κ2) is 32.4. The van der Waals surface area contributed by atoms with Crippen molar-refractivity contribution in [2.24, 2.45) is 0 Å². The highest BCUT2D eigenvalue weighted by atomic mass is 16.7. The number of carbonyl (C=O) groups excluding carboxylic acids is 2. The predicted molar refractivity (Wildman–Crippen MR) is 197 cm³/mol. The minimum Gasteiger partial charge on any atom is -0.462 e. The van der Waals surface area contributed by atoms with E-state index in [4.69, 9.17) is 18.9 Å². The van der Waals surface area contributed by atoms with Crippen molar-refractivity contribution in [1.82, 2.24) is 0 Å². The van der Waals surface area contributed by atoms with Gasteiger partial charge >= 0.3 is 11.9 Å². The van der Waals surface area contributed by atoms with Gasteiger partial charge in [-0.1, -0.05) is 162 Å². The van der Waals surface area contributed by atoms with Gasteiger partial charge in [0.05, 0.1) is 13.2 Å². The van der Waals surface area contributed by atoms with Crippen LogP contribution in [0.15, 0.2) is 0 Å². The van der Waals surface area contributed by atoms with Gasteiger partial charge in [-0.05, 0) is 12.8 Å². The molecule has 0 bridgehead atoms. The normalized spacial score (nSPS) is 21.3. The fourth-order valence-electron chi connectivity index (χ4n) is 6.42. The van der Waals surface area contributed by atoms with Crippen molar-refractivity contribution >= 4 is 11.9 Å². The standard InChI is InChI=1S/C40H76O10/c1-3-5-7-9-11-13-15-17-19-21-23-25-27-29-36(43)49-33(32-48-40-39(46)38(45)37(44)34(30-41)50-40)31-47-35(42)28-26-24-22-20-18-16-14-12-10-8-6-4-2/h33-34,37-41,44-46H,3-32H2,1-2H3/t33-,34-,37+,38?,39?,40-/m1/s1. The zero-order valence-corrected chi connectivity index (χ0v) is 31.9. The molecule has 1 rings (SSSR count). The summed E-state index contributed by atoms with van der Waals surface area (Å²) < 4.78 is 22.1. The second-order valence-corrected chi connectivity index (χ2v) is 14.5. The van der Waals surface area contributed by atoms with Crippen LogP contribution in [-0.2, 0) is 28.5 Å². The molecule has 10 heteroatoms. The molecule has 0 aromatic heterocycles. The Morgan fingerprint density at radius 1 is 0.540 bits per heavy atom. The molecule has 4 N–H and O–H groups in total. The Kier molecular flexibility index (Phi) is 30.2. The van der Waals surface area contributed by atoms with Crippen molar-refractivity contribution in [1.29, 1.82) is 0 Å². The average Bonchev–Trinajstić information content (AvgIpc) is 3.11. The predicted octanol–water partition coefficient (Wildman–Crippen LogP) is 7.83. The maximum Gasteiger partial charge on any atom is 0.306 e. The molecular formula is C40H76O10. The monoisotopic (exact) mass is 717 g/mol. The third-order valence-electron chi connectivity index (χ3n) is 9.74. The first-order valence-electron chi connectivity index (χ1n) is 20.6. The lowest BCUT2D eigenvalue weighted by atomic mass is 9.99. The van der Waals surface area contributed by atoms with Gasteiger partial charge in [-0.2, -0.15) is 0 Å². The summed E-state index contributed by atoms with van der Waals surface area (Å²) in [6.45, 7) is 3.42. The first-order chi connectivity index (χ1) is 24.3. The van der Waals surface area contributed by atoms with E-state index in [9.17, 15) is 30.0 Å². The van der Waals surface area contributed by atoms with E-state index in [2.05, 4.69) is 13.8 Å². The minimum absolute atomic E-state index is 0.209. The van der Waals surface area contributed by atoms with E-state index in [1.54, 1.807) is 0 Å². The van der Waals surface area contributed by atoms with Crippen molar-refractivity contribution in [2.45, 2.75) is 224 Å². The van der Waals surface area contributed by atoms with Crippen LogP contribution in [0.2, 0.25) is 0 Å². The molecule has 2 unspecified atom stereocenters. The topological polar surface area (TPSA) is 152 Å². The average molecular weight is 717 g/mol. The first kappa shape index (κ1) is 46.7. The highest BCUT2D eigenvalue weighted by molar-refractivity contribution is 5.70. The number of esters is 2. The maximum atomic E-state index is 12.7. The largest absolute Gasteiger partial charge is 0.462 e. The number of hydrogen-bond acceptors (Lipinski definition) is 10. The summed E-state index contributed by atoms with van der Waals surface area (Å²) in [6.07, 6.45) is 22.5. The van der Waals surface area contributed by atoms with Crippen LogP contribution in [0.4, 0.5) is 0 Å². The van der Waals surface area contributed by atoms with Gasteiger partial charge in [0.15, 0.2) is 12.4 Å². The van der Waals surface area contributed by atoms with Crippen LogP contribution < -0.4 is 0 Å². The van der Waals surface area contributed by atoms with Crippen molar-refractivity contribution < 1.29 is 49.0 Å². The van der Waals surface area contributed by atoms with E-state index in [1.165, 1.54) is 116 Å². The summed E-state index contributed by atoms with van der Waals surface area (Å²) in [5.41, 5.74) is 0. The summed E-state index contributed by atoms with van der Waals surface area (Å²) in [5.74, 6) is -0.796. The number of unbranched alkanes of at least 4 members (excludes halogenated alkanes) is 23. The fraction of sp³-hybridized carbons (Fsp3) is 0.950. The lowest BCUT2D eigenvalue weighted by molar-refractivity contribution is -0.305. The first-order valence-corrected chi connectivity index (χ1v) is 20.6. The fourth-order valence-corrected chi connectivity index (χ4v) is 6.42. The van der Waals surface area contributed by atoms with Crippen LogP contribution in [0.3, 0.4) is 0 Å². The third kappa shape index (κ3) is 24.0. The third-order valence-corrected chi connectivity index (χ3v) is 9.74. The van der Waals surface area contributed by atoms with Gasteiger partial charge in [0.25, 0.3) is 0 Å². The molecule has 1 aliphatic heterocycles. The van der Waals surface area contributed by atoms with Crippen molar-refractivity contribution in [2.75, 3.05) is 19.8 Å². The van der Waals surface area contributed by atoms with E-state index in [0.717, 1.165) is 38.5 Å². The number of hydrogen-bond donors (Lipinski definition) is 4. The van der Waals surface area contributed by atoms with Gasteiger partial charge in [-0.15, -0.1) is 0 Å². The van der Waals surface area contributed by atoms with E-state index in [1.807, 2.05) is 0 Å². The molecule has 296 valence electrons. The van der Waals surface area contributed by atoms with Gasteiger partial charge in [0.1, 0.15) is 31.0 Å². The molecule has 0 aliphatic carbocycles. The Hall–Kier alpha value is -1.30. The number of aliphatic hydroxyl groups is 4. The number of rotatable bonds is 34.